The molecule has 2 aromatic rings. The highest BCUT2D eigenvalue weighted by molar-refractivity contribution is 5.97. The average molecular weight is 466 g/mol. The molecule has 7 fully saturated rings. The predicted molar refractivity (Wildman–Crippen MR) is 123 cm³/mol. The van der Waals surface area contributed by atoms with Crippen molar-refractivity contribution in [3.8, 4) is 5.75 Å². The van der Waals surface area contributed by atoms with E-state index in [4.69, 9.17) is 14.2 Å². The van der Waals surface area contributed by atoms with Crippen LogP contribution in [0.4, 0.5) is 10.1 Å². The molecule has 180 valence electrons. The van der Waals surface area contributed by atoms with Crippen molar-refractivity contribution >= 4 is 11.6 Å². The number of carbonyl (C=O) groups excluding carboxylic acids is 1. The largest absolute Gasteiger partial charge is 0.493 e. The Morgan fingerprint density at radius 1 is 1.15 bits per heavy atom. The van der Waals surface area contributed by atoms with E-state index in [1.807, 2.05) is 6.07 Å². The fraction of sp³-hybridized carbons (Fsp3) is 0.667. The Morgan fingerprint density at radius 3 is 2.44 bits per heavy atom. The lowest BCUT2D eigenvalue weighted by molar-refractivity contribution is -0.158. The number of methoxy groups -OCH3 is 1. The minimum atomic E-state index is -0.448. The van der Waals surface area contributed by atoms with Gasteiger partial charge in [0.1, 0.15) is 0 Å². The molecule has 0 radical (unpaired) electrons. The number of benzene rings is 1. The number of halogens is 1. The minimum Gasteiger partial charge on any atom is -0.493 e. The number of nitrogens with zero attached hydrogens (tertiary/aromatic N) is 2. The normalized spacial score (nSPS) is 35.4. The van der Waals surface area contributed by atoms with E-state index in [1.165, 1.54) is 20.0 Å². The molecule has 6 nitrogen and oxygen atoms in total. The molecule has 7 saturated carbocycles. The second-order valence-corrected chi connectivity index (χ2v) is 12.0. The number of carbonyl (C=O) groups is 1. The van der Waals surface area contributed by atoms with Crippen LogP contribution in [0.15, 0.2) is 16.7 Å². The highest BCUT2D eigenvalue weighted by Crippen LogP contribution is 2.65. The molecule has 0 aliphatic heterocycles. The number of rotatable bonds is 7. The Hall–Kier alpha value is -2.44. The number of nitrogens with one attached hydrogen (secondary N) is 1. The van der Waals surface area contributed by atoms with E-state index in [1.54, 1.807) is 6.07 Å². The number of amides is 1. The number of aromatic nitrogens is 2. The van der Waals surface area contributed by atoms with Crippen LogP contribution in [-0.4, -0.2) is 23.2 Å². The molecule has 7 aliphatic rings. The van der Waals surface area contributed by atoms with Gasteiger partial charge >= 0.3 is 0 Å². The van der Waals surface area contributed by atoms with E-state index >= 15 is 4.39 Å². The van der Waals surface area contributed by atoms with Gasteiger partial charge in [0.2, 0.25) is 11.8 Å². The summed E-state index contributed by atoms with van der Waals surface area (Å²) in [7, 11) is 1.52. The van der Waals surface area contributed by atoms with Crippen LogP contribution in [0.1, 0.15) is 93.8 Å². The molecule has 0 spiro atoms. The van der Waals surface area contributed by atoms with Gasteiger partial charge in [-0.3, -0.25) is 4.79 Å². The summed E-state index contributed by atoms with van der Waals surface area (Å²) in [4.78, 5) is 17.5. The summed E-state index contributed by atoms with van der Waals surface area (Å²) in [6, 6.07) is 3.67. The van der Waals surface area contributed by atoms with Crippen molar-refractivity contribution in [1.82, 2.24) is 10.1 Å². The summed E-state index contributed by atoms with van der Waals surface area (Å²) in [5.74, 6) is 2.74. The average Bonchev–Trinajstić information content (AvgIpc) is 3.51. The van der Waals surface area contributed by atoms with Crippen LogP contribution in [0.5, 0.6) is 5.75 Å². The third kappa shape index (κ3) is 3.01. The van der Waals surface area contributed by atoms with E-state index in [9.17, 15) is 4.79 Å². The Bertz CT molecular complexity index is 1130. The molecule has 7 heteroatoms. The quantitative estimate of drug-likeness (QED) is 0.570. The lowest BCUT2D eigenvalue weighted by Crippen LogP contribution is -2.58. The molecule has 1 amide bonds. The summed E-state index contributed by atoms with van der Waals surface area (Å²) in [6.07, 6.45) is 12.3. The standard InChI is InChI=1S/C27H32FN3O3/c1-33-21-18(4-5-19(20(21)28)29-23(32)27-12-16(13-27)14-27)15-25-6-9-26(10-7-25,11-8-25)24-30-22(31-34-24)17-2-3-17/h4-5,16-17H,2-3,6-15H2,1H3,(H,29,32). The van der Waals surface area contributed by atoms with Gasteiger partial charge in [-0.1, -0.05) is 11.2 Å². The van der Waals surface area contributed by atoms with Crippen molar-refractivity contribution in [2.24, 2.45) is 16.7 Å². The number of hydrogen-bond donors (Lipinski definition) is 1. The number of fused-ring (bicyclic) bond motifs is 3. The van der Waals surface area contributed by atoms with Crippen LogP contribution in [0.2, 0.25) is 0 Å². The van der Waals surface area contributed by atoms with Crippen molar-refractivity contribution in [2.75, 3.05) is 12.4 Å². The van der Waals surface area contributed by atoms with Crippen LogP contribution in [0, 0.1) is 22.6 Å². The first kappa shape index (κ1) is 20.9. The molecule has 1 heterocycles. The van der Waals surface area contributed by atoms with Gasteiger partial charge in [-0.2, -0.15) is 4.98 Å². The number of hydrogen-bond acceptors (Lipinski definition) is 5. The first-order valence-corrected chi connectivity index (χ1v) is 12.9. The molecule has 0 saturated heterocycles. The first-order chi connectivity index (χ1) is 16.4. The Labute approximate surface area is 199 Å². The molecular weight excluding hydrogens is 433 g/mol. The van der Waals surface area contributed by atoms with Gasteiger partial charge in [0.25, 0.3) is 0 Å². The first-order valence-electron chi connectivity index (χ1n) is 12.9. The van der Waals surface area contributed by atoms with Crippen molar-refractivity contribution in [1.29, 1.82) is 0 Å². The van der Waals surface area contributed by atoms with E-state index in [-0.39, 0.29) is 33.6 Å². The van der Waals surface area contributed by atoms with Gasteiger partial charge in [-0.15, -0.1) is 0 Å². The Kier molecular flexibility index (Phi) is 4.33. The smallest absolute Gasteiger partial charge is 0.232 e. The third-order valence-electron chi connectivity index (χ3n) is 9.96. The second kappa shape index (κ2) is 7.05. The molecule has 4 bridgehead atoms. The van der Waals surface area contributed by atoms with Crippen LogP contribution in [0.3, 0.4) is 0 Å². The fourth-order valence-corrected chi connectivity index (χ4v) is 7.27. The van der Waals surface area contributed by atoms with Crippen LogP contribution in [-0.2, 0) is 16.6 Å². The molecule has 1 N–H and O–H groups in total. The van der Waals surface area contributed by atoms with Gasteiger partial charge in [0, 0.05) is 11.3 Å². The molecule has 0 unspecified atom stereocenters. The molecule has 9 rings (SSSR count). The highest BCUT2D eigenvalue weighted by atomic mass is 19.1. The lowest BCUT2D eigenvalue weighted by Gasteiger charge is -2.60. The SMILES string of the molecule is COc1c(CC23CCC(c4nc(C5CC5)no4)(CC2)CC3)ccc(NC(=O)C23CC(C2)C3)c1F. The van der Waals surface area contributed by atoms with E-state index in [0.29, 0.717) is 11.8 Å². The lowest BCUT2D eigenvalue weighted by atomic mass is 9.44. The summed E-state index contributed by atoms with van der Waals surface area (Å²) in [5.41, 5.74) is 1.06. The van der Waals surface area contributed by atoms with Gasteiger partial charge in [0.05, 0.1) is 18.2 Å². The van der Waals surface area contributed by atoms with Crippen molar-refractivity contribution in [3.05, 3.63) is 35.2 Å². The zero-order valence-corrected chi connectivity index (χ0v) is 19.8. The Morgan fingerprint density at radius 2 is 1.85 bits per heavy atom. The van der Waals surface area contributed by atoms with Gasteiger partial charge in [-0.25, -0.2) is 4.39 Å². The van der Waals surface area contributed by atoms with Gasteiger partial charge in [0.15, 0.2) is 17.4 Å². The van der Waals surface area contributed by atoms with Gasteiger partial charge < -0.3 is 14.6 Å². The predicted octanol–water partition coefficient (Wildman–Crippen LogP) is 5.67. The third-order valence-corrected chi connectivity index (χ3v) is 9.96. The number of ether oxygens (including phenoxy) is 1. The zero-order valence-electron chi connectivity index (χ0n) is 19.8. The number of anilines is 1. The topological polar surface area (TPSA) is 77.2 Å². The van der Waals surface area contributed by atoms with Crippen LogP contribution in [0.25, 0.3) is 0 Å². The van der Waals surface area contributed by atoms with E-state index < -0.39 is 5.82 Å². The molecule has 34 heavy (non-hydrogen) atoms. The molecule has 1 aromatic carbocycles. The van der Waals surface area contributed by atoms with Crippen molar-refractivity contribution < 1.29 is 18.4 Å². The fourth-order valence-electron chi connectivity index (χ4n) is 7.27. The Balaban J connectivity index is 1.07. The van der Waals surface area contributed by atoms with E-state index in [2.05, 4.69) is 10.5 Å². The molecular formula is C27H32FN3O3. The van der Waals surface area contributed by atoms with Crippen LogP contribution >= 0.6 is 0 Å². The summed E-state index contributed by atoms with van der Waals surface area (Å²) < 4.78 is 26.7. The summed E-state index contributed by atoms with van der Waals surface area (Å²) >= 11 is 0. The molecule has 0 atom stereocenters. The summed E-state index contributed by atoms with van der Waals surface area (Å²) in [5, 5.41) is 7.11. The summed E-state index contributed by atoms with van der Waals surface area (Å²) in [6.45, 7) is 0. The maximum atomic E-state index is 15.4. The molecule has 1 aromatic heterocycles. The van der Waals surface area contributed by atoms with Gasteiger partial charge in [-0.05, 0) is 100 Å². The van der Waals surface area contributed by atoms with Crippen molar-refractivity contribution in [2.45, 2.75) is 88.4 Å². The zero-order chi connectivity index (χ0) is 23.1. The van der Waals surface area contributed by atoms with Crippen molar-refractivity contribution in [3.63, 3.8) is 0 Å². The van der Waals surface area contributed by atoms with E-state index in [0.717, 1.165) is 81.5 Å². The minimum absolute atomic E-state index is 0.0207. The second-order valence-electron chi connectivity index (χ2n) is 12.0. The highest BCUT2D eigenvalue weighted by Gasteiger charge is 2.61. The maximum absolute atomic E-state index is 15.4. The monoisotopic (exact) mass is 465 g/mol. The molecule has 7 aliphatic carbocycles. The van der Waals surface area contributed by atoms with Crippen LogP contribution < -0.4 is 10.1 Å². The maximum Gasteiger partial charge on any atom is 0.232 e.